The van der Waals surface area contributed by atoms with Gasteiger partial charge in [0, 0.05) is 18.1 Å². The minimum atomic E-state index is -0.497. The van der Waals surface area contributed by atoms with Crippen LogP contribution in [-0.4, -0.2) is 24.3 Å². The van der Waals surface area contributed by atoms with Gasteiger partial charge in [-0.25, -0.2) is 0 Å². The van der Waals surface area contributed by atoms with E-state index >= 15 is 0 Å². The number of nitrogens with one attached hydrogen (secondary N) is 1. The van der Waals surface area contributed by atoms with Crippen LogP contribution >= 0.6 is 11.8 Å². The molecular formula is C21H27NO2S. The van der Waals surface area contributed by atoms with Crippen molar-refractivity contribution in [2.24, 2.45) is 0 Å². The van der Waals surface area contributed by atoms with Crippen LogP contribution in [-0.2, 0) is 10.5 Å². The van der Waals surface area contributed by atoms with Crippen molar-refractivity contribution >= 4 is 17.7 Å². The summed E-state index contributed by atoms with van der Waals surface area (Å²) in [4.78, 5) is 12.1. The van der Waals surface area contributed by atoms with Gasteiger partial charge in [0.1, 0.15) is 5.75 Å². The number of rotatable bonds is 8. The van der Waals surface area contributed by atoms with Crippen molar-refractivity contribution in [2.75, 3.05) is 12.3 Å². The summed E-state index contributed by atoms with van der Waals surface area (Å²) in [5.41, 5.74) is 4.86. The van der Waals surface area contributed by atoms with Gasteiger partial charge in [0.15, 0.2) is 6.10 Å². The van der Waals surface area contributed by atoms with E-state index in [4.69, 9.17) is 4.74 Å². The highest BCUT2D eigenvalue weighted by Crippen LogP contribution is 2.17. The van der Waals surface area contributed by atoms with E-state index in [0.29, 0.717) is 6.54 Å². The molecule has 2 aromatic rings. The van der Waals surface area contributed by atoms with Gasteiger partial charge < -0.3 is 10.1 Å². The lowest BCUT2D eigenvalue weighted by molar-refractivity contribution is -0.127. The highest BCUT2D eigenvalue weighted by molar-refractivity contribution is 7.98. The number of carbonyl (C=O) groups excluding carboxylic acids is 1. The number of thioether (sulfide) groups is 1. The summed E-state index contributed by atoms with van der Waals surface area (Å²) in [5.74, 6) is 2.52. The Bertz CT molecular complexity index is 677. The molecule has 1 N–H and O–H groups in total. The quantitative estimate of drug-likeness (QED) is 0.710. The molecule has 0 aliphatic rings. The van der Waals surface area contributed by atoms with Crippen molar-refractivity contribution in [3.63, 3.8) is 0 Å². The molecule has 134 valence electrons. The van der Waals surface area contributed by atoms with Crippen molar-refractivity contribution < 1.29 is 9.53 Å². The van der Waals surface area contributed by atoms with Crippen LogP contribution in [0.15, 0.2) is 42.5 Å². The predicted octanol–water partition coefficient (Wildman–Crippen LogP) is 4.43. The molecule has 0 bridgehead atoms. The van der Waals surface area contributed by atoms with Crippen LogP contribution in [0.4, 0.5) is 0 Å². The molecule has 0 radical (unpaired) electrons. The lowest BCUT2D eigenvalue weighted by Crippen LogP contribution is -2.37. The fraction of sp³-hybridized carbons (Fsp3) is 0.381. The summed E-state index contributed by atoms with van der Waals surface area (Å²) in [6.45, 7) is 8.57. The van der Waals surface area contributed by atoms with E-state index in [2.05, 4.69) is 42.6 Å². The second kappa shape index (κ2) is 9.52. The first-order valence-electron chi connectivity index (χ1n) is 8.60. The van der Waals surface area contributed by atoms with Crippen LogP contribution in [0.5, 0.6) is 5.75 Å². The Morgan fingerprint density at radius 2 is 1.68 bits per heavy atom. The Morgan fingerprint density at radius 3 is 2.32 bits per heavy atom. The van der Waals surface area contributed by atoms with Gasteiger partial charge in [-0.3, -0.25) is 4.79 Å². The Labute approximate surface area is 155 Å². The summed E-state index contributed by atoms with van der Waals surface area (Å²) >= 11 is 1.82. The minimum absolute atomic E-state index is 0.0740. The lowest BCUT2D eigenvalue weighted by Gasteiger charge is -2.15. The Morgan fingerprint density at radius 1 is 1.04 bits per heavy atom. The van der Waals surface area contributed by atoms with Crippen LogP contribution in [0, 0.1) is 20.8 Å². The second-order valence-electron chi connectivity index (χ2n) is 6.41. The van der Waals surface area contributed by atoms with Gasteiger partial charge in [-0.2, -0.15) is 11.8 Å². The Kier molecular flexibility index (Phi) is 7.38. The molecule has 0 aliphatic heterocycles. The molecule has 3 nitrogen and oxygen atoms in total. The largest absolute Gasteiger partial charge is 0.481 e. The first-order valence-corrected chi connectivity index (χ1v) is 9.75. The fourth-order valence-electron chi connectivity index (χ4n) is 2.52. The van der Waals surface area contributed by atoms with Crippen molar-refractivity contribution in [2.45, 2.75) is 39.6 Å². The highest BCUT2D eigenvalue weighted by Gasteiger charge is 2.14. The van der Waals surface area contributed by atoms with Crippen LogP contribution in [0.25, 0.3) is 0 Å². The highest BCUT2D eigenvalue weighted by atomic mass is 32.2. The number of benzene rings is 2. The van der Waals surface area contributed by atoms with E-state index in [1.807, 2.05) is 37.7 Å². The third-order valence-electron chi connectivity index (χ3n) is 3.81. The molecule has 4 heteroatoms. The number of amides is 1. The Balaban J connectivity index is 1.68. The molecule has 0 aromatic heterocycles. The molecule has 0 heterocycles. The van der Waals surface area contributed by atoms with Crippen LogP contribution in [0.3, 0.4) is 0 Å². The molecule has 0 saturated heterocycles. The molecule has 0 saturated carbocycles. The first-order chi connectivity index (χ1) is 11.9. The standard InChI is InChI=1S/C21H27NO2S/c1-15-5-7-19(8-6-15)14-25-10-9-22-21(23)18(4)24-20-12-16(2)11-17(3)13-20/h5-8,11-13,18H,9-10,14H2,1-4H3,(H,22,23)/t18-/m1/s1. The zero-order valence-electron chi connectivity index (χ0n) is 15.5. The van der Waals surface area contributed by atoms with E-state index in [1.165, 1.54) is 11.1 Å². The fourth-order valence-corrected chi connectivity index (χ4v) is 3.34. The molecule has 0 aliphatic carbocycles. The Hall–Kier alpha value is -1.94. The predicted molar refractivity (Wildman–Crippen MR) is 106 cm³/mol. The molecule has 0 spiro atoms. The van der Waals surface area contributed by atoms with Gasteiger partial charge in [0.05, 0.1) is 0 Å². The van der Waals surface area contributed by atoms with Crippen LogP contribution < -0.4 is 10.1 Å². The number of hydrogen-bond donors (Lipinski definition) is 1. The van der Waals surface area contributed by atoms with Crippen molar-refractivity contribution in [1.29, 1.82) is 0 Å². The summed E-state index contributed by atoms with van der Waals surface area (Å²) in [5, 5.41) is 2.94. The zero-order chi connectivity index (χ0) is 18.2. The normalized spacial score (nSPS) is 11.8. The number of aryl methyl sites for hydroxylation is 3. The maximum atomic E-state index is 12.1. The third kappa shape index (κ3) is 6.83. The topological polar surface area (TPSA) is 38.3 Å². The second-order valence-corrected chi connectivity index (χ2v) is 7.52. The third-order valence-corrected chi connectivity index (χ3v) is 4.84. The van der Waals surface area contributed by atoms with Gasteiger partial charge >= 0.3 is 0 Å². The van der Waals surface area contributed by atoms with Crippen molar-refractivity contribution in [1.82, 2.24) is 5.32 Å². The van der Waals surface area contributed by atoms with Gasteiger partial charge in [0.2, 0.25) is 0 Å². The molecule has 1 atom stereocenters. The van der Waals surface area contributed by atoms with Crippen molar-refractivity contribution in [3.8, 4) is 5.75 Å². The smallest absolute Gasteiger partial charge is 0.260 e. The summed E-state index contributed by atoms with van der Waals surface area (Å²) < 4.78 is 5.76. The maximum Gasteiger partial charge on any atom is 0.260 e. The summed E-state index contributed by atoms with van der Waals surface area (Å²) in [6, 6.07) is 14.6. The van der Waals surface area contributed by atoms with Gasteiger partial charge in [0.25, 0.3) is 5.91 Å². The van der Waals surface area contributed by atoms with Gasteiger partial charge in [-0.1, -0.05) is 35.9 Å². The van der Waals surface area contributed by atoms with Crippen LogP contribution in [0.1, 0.15) is 29.2 Å². The summed E-state index contributed by atoms with van der Waals surface area (Å²) in [6.07, 6.45) is -0.497. The molecule has 2 rings (SSSR count). The van der Waals surface area contributed by atoms with Crippen LogP contribution in [0.2, 0.25) is 0 Å². The first kappa shape index (κ1) is 19.4. The molecule has 1 amide bonds. The van der Waals surface area contributed by atoms with E-state index in [9.17, 15) is 4.79 Å². The molecule has 2 aromatic carbocycles. The number of hydrogen-bond acceptors (Lipinski definition) is 3. The van der Waals surface area contributed by atoms with Gasteiger partial charge in [-0.15, -0.1) is 0 Å². The zero-order valence-corrected chi connectivity index (χ0v) is 16.3. The SMILES string of the molecule is Cc1ccc(CSCCNC(=O)[C@@H](C)Oc2cc(C)cc(C)c2)cc1. The lowest BCUT2D eigenvalue weighted by atomic mass is 10.1. The van der Waals surface area contributed by atoms with E-state index in [1.54, 1.807) is 6.92 Å². The minimum Gasteiger partial charge on any atom is -0.481 e. The van der Waals surface area contributed by atoms with E-state index in [-0.39, 0.29) is 5.91 Å². The maximum absolute atomic E-state index is 12.1. The van der Waals surface area contributed by atoms with Gasteiger partial charge in [-0.05, 0) is 56.5 Å². The molecule has 0 fully saturated rings. The summed E-state index contributed by atoms with van der Waals surface area (Å²) in [7, 11) is 0. The van der Waals surface area contributed by atoms with E-state index < -0.39 is 6.10 Å². The van der Waals surface area contributed by atoms with E-state index in [0.717, 1.165) is 28.4 Å². The number of ether oxygens (including phenoxy) is 1. The van der Waals surface area contributed by atoms with Crippen molar-refractivity contribution in [3.05, 3.63) is 64.7 Å². The molecule has 25 heavy (non-hydrogen) atoms. The molecular weight excluding hydrogens is 330 g/mol. The monoisotopic (exact) mass is 357 g/mol. The number of carbonyl (C=O) groups is 1. The average Bonchev–Trinajstić information content (AvgIpc) is 2.55. The average molecular weight is 358 g/mol. The molecule has 0 unspecified atom stereocenters.